The highest BCUT2D eigenvalue weighted by atomic mass is 19.4. The van der Waals surface area contributed by atoms with Crippen LogP contribution in [-0.4, -0.2) is 101 Å². The van der Waals surface area contributed by atoms with Gasteiger partial charge in [-0.05, 0) is 56.3 Å². The molecule has 3 heterocycles. The average Bonchev–Trinajstić information content (AvgIpc) is 3.23. The lowest BCUT2D eigenvalue weighted by Crippen LogP contribution is -2.60. The summed E-state index contributed by atoms with van der Waals surface area (Å²) in [7, 11) is 1.95. The van der Waals surface area contributed by atoms with Crippen LogP contribution in [0.3, 0.4) is 0 Å². The highest BCUT2D eigenvalue weighted by molar-refractivity contribution is 5.98. The zero-order valence-electron chi connectivity index (χ0n) is 23.8. The van der Waals surface area contributed by atoms with E-state index in [-0.39, 0.29) is 31.5 Å². The van der Waals surface area contributed by atoms with Gasteiger partial charge in [-0.15, -0.1) is 0 Å². The highest BCUT2D eigenvalue weighted by Crippen LogP contribution is 2.37. The van der Waals surface area contributed by atoms with Crippen LogP contribution in [0.25, 0.3) is 10.9 Å². The first-order chi connectivity index (χ1) is 20.7. The summed E-state index contributed by atoms with van der Waals surface area (Å²) < 4.78 is 81.4. The number of H-pyrrole nitrogens is 1. The smallest absolute Gasteiger partial charge is 0.361 e. The molecule has 2 saturated heterocycles. The van der Waals surface area contributed by atoms with Crippen LogP contribution < -0.4 is 0 Å². The quantitative estimate of drug-likeness (QED) is 0.431. The van der Waals surface area contributed by atoms with Crippen LogP contribution in [0.5, 0.6) is 0 Å². The molecule has 3 aromatic rings. The predicted octanol–water partition coefficient (Wildman–Crippen LogP) is 4.27. The number of para-hydroxylation sites is 1. The zero-order chi connectivity index (χ0) is 31.8. The number of hydrogen-bond acceptors (Lipinski definition) is 4. The minimum atomic E-state index is -5.14. The van der Waals surface area contributed by atoms with Crippen LogP contribution in [0.1, 0.15) is 33.5 Å². The van der Waals surface area contributed by atoms with Gasteiger partial charge in [0.05, 0.1) is 23.7 Å². The summed E-state index contributed by atoms with van der Waals surface area (Å²) in [5.41, 5.74) is -2.55. The fraction of sp³-hybridized carbons (Fsp3) is 0.433. The van der Waals surface area contributed by atoms with Gasteiger partial charge in [-0.3, -0.25) is 14.4 Å². The van der Waals surface area contributed by atoms with E-state index in [2.05, 4.69) is 9.88 Å². The third kappa shape index (κ3) is 6.85. The molecule has 236 valence electrons. The number of carbonyl (C=O) groups is 3. The zero-order valence-corrected chi connectivity index (χ0v) is 23.8. The number of nitrogens with one attached hydrogen (secondary N) is 1. The Morgan fingerprint density at radius 3 is 2.30 bits per heavy atom. The van der Waals surface area contributed by atoms with Gasteiger partial charge in [-0.25, -0.2) is 0 Å². The van der Waals surface area contributed by atoms with Crippen molar-refractivity contribution >= 4 is 28.6 Å². The lowest BCUT2D eigenvalue weighted by molar-refractivity contribution is -0.144. The molecule has 44 heavy (non-hydrogen) atoms. The fourth-order valence-electron chi connectivity index (χ4n) is 5.75. The van der Waals surface area contributed by atoms with Crippen LogP contribution in [0.4, 0.5) is 26.3 Å². The van der Waals surface area contributed by atoms with Gasteiger partial charge in [0.2, 0.25) is 11.8 Å². The second-order valence-electron chi connectivity index (χ2n) is 11.3. The average molecular weight is 624 g/mol. The topological polar surface area (TPSA) is 80.0 Å². The van der Waals surface area contributed by atoms with Crippen molar-refractivity contribution in [1.29, 1.82) is 0 Å². The molecule has 8 nitrogen and oxygen atoms in total. The van der Waals surface area contributed by atoms with E-state index >= 15 is 0 Å². The van der Waals surface area contributed by atoms with Crippen molar-refractivity contribution in [3.63, 3.8) is 0 Å². The van der Waals surface area contributed by atoms with Crippen LogP contribution in [0.15, 0.2) is 48.7 Å². The number of hydrogen-bond donors (Lipinski definition) is 1. The lowest BCUT2D eigenvalue weighted by atomic mass is 9.98. The molecule has 1 unspecified atom stereocenters. The van der Waals surface area contributed by atoms with Crippen LogP contribution >= 0.6 is 0 Å². The van der Waals surface area contributed by atoms with Crippen molar-refractivity contribution in [3.8, 4) is 0 Å². The van der Waals surface area contributed by atoms with Crippen molar-refractivity contribution in [1.82, 2.24) is 24.6 Å². The lowest BCUT2D eigenvalue weighted by Gasteiger charge is -2.41. The number of amides is 3. The van der Waals surface area contributed by atoms with Crippen LogP contribution in [-0.2, 0) is 28.4 Å². The third-order valence-electron chi connectivity index (χ3n) is 8.15. The maximum absolute atomic E-state index is 13.7. The molecule has 2 aromatic carbocycles. The molecule has 0 spiro atoms. The summed E-state index contributed by atoms with van der Waals surface area (Å²) in [6.45, 7) is 1.50. The molecule has 0 radical (unpaired) electrons. The normalized spacial score (nSPS) is 19.0. The van der Waals surface area contributed by atoms with Gasteiger partial charge in [0.15, 0.2) is 0 Å². The number of fused-ring (bicyclic) bond motifs is 1. The molecular weight excluding hydrogens is 592 g/mol. The molecule has 0 saturated carbocycles. The standard InChI is InChI=1S/C30H31F6N5O3/c1-38-7-4-8-39(10-9-38)26(42)17-40-16-23(13-20-15-37-25-6-3-2-5-24(20)25)41(18-27(40)43)28(44)19-11-21(29(31,32)33)14-22(12-19)30(34,35)36/h2-3,5-6,11-12,14-15,23,37H,4,7-10,13,16-18H2,1H3. The molecule has 2 aliphatic heterocycles. The number of aromatic amines is 1. The van der Waals surface area contributed by atoms with E-state index in [4.69, 9.17) is 0 Å². The maximum Gasteiger partial charge on any atom is 0.416 e. The number of piperazine rings is 1. The third-order valence-corrected chi connectivity index (χ3v) is 8.15. The van der Waals surface area contributed by atoms with Gasteiger partial charge in [0, 0.05) is 48.8 Å². The van der Waals surface area contributed by atoms with E-state index in [1.54, 1.807) is 17.2 Å². The number of alkyl halides is 6. The summed E-state index contributed by atoms with van der Waals surface area (Å²) in [6, 6.07) is 7.14. The number of aromatic nitrogens is 1. The highest BCUT2D eigenvalue weighted by Gasteiger charge is 2.41. The minimum absolute atomic E-state index is 0.0461. The number of rotatable bonds is 5. The Morgan fingerprint density at radius 2 is 1.61 bits per heavy atom. The number of likely N-dealkylation sites (N-methyl/N-ethyl adjacent to an activating group) is 1. The Hall–Kier alpha value is -4.07. The number of halogens is 6. The van der Waals surface area contributed by atoms with Gasteiger partial charge < -0.3 is 24.6 Å². The van der Waals surface area contributed by atoms with Gasteiger partial charge in [-0.1, -0.05) is 18.2 Å². The fourth-order valence-corrected chi connectivity index (χ4v) is 5.75. The first-order valence-corrected chi connectivity index (χ1v) is 14.1. The van der Waals surface area contributed by atoms with E-state index in [0.29, 0.717) is 31.8 Å². The molecule has 1 aromatic heterocycles. The molecule has 0 aliphatic carbocycles. The summed E-state index contributed by atoms with van der Waals surface area (Å²) in [5, 5.41) is 0.812. The Kier molecular flexibility index (Phi) is 8.65. The number of nitrogens with zero attached hydrogens (tertiary/aromatic N) is 4. The summed E-state index contributed by atoms with van der Waals surface area (Å²) in [6.07, 6.45) is -7.68. The summed E-state index contributed by atoms with van der Waals surface area (Å²) in [5.74, 6) is -2.04. The second kappa shape index (κ2) is 12.1. The molecule has 0 bridgehead atoms. The van der Waals surface area contributed by atoms with Crippen molar-refractivity contribution in [2.45, 2.75) is 31.2 Å². The molecule has 3 amide bonds. The Balaban J connectivity index is 1.46. The molecule has 1 N–H and O–H groups in total. The van der Waals surface area contributed by atoms with Crippen LogP contribution in [0.2, 0.25) is 0 Å². The van der Waals surface area contributed by atoms with Crippen molar-refractivity contribution in [2.75, 3.05) is 52.9 Å². The predicted molar refractivity (Wildman–Crippen MR) is 149 cm³/mol. The van der Waals surface area contributed by atoms with Gasteiger partial charge >= 0.3 is 12.4 Å². The van der Waals surface area contributed by atoms with E-state index in [0.717, 1.165) is 34.3 Å². The molecule has 14 heteroatoms. The maximum atomic E-state index is 13.7. The molecular formula is C30H31F6N5O3. The van der Waals surface area contributed by atoms with Crippen LogP contribution in [0, 0.1) is 0 Å². The van der Waals surface area contributed by atoms with E-state index in [1.807, 2.05) is 25.2 Å². The molecule has 2 fully saturated rings. The Morgan fingerprint density at radius 1 is 0.932 bits per heavy atom. The van der Waals surface area contributed by atoms with Gasteiger partial charge in [0.25, 0.3) is 5.91 Å². The monoisotopic (exact) mass is 623 g/mol. The molecule has 5 rings (SSSR count). The summed E-state index contributed by atoms with van der Waals surface area (Å²) >= 11 is 0. The van der Waals surface area contributed by atoms with Crippen molar-refractivity contribution in [2.24, 2.45) is 0 Å². The van der Waals surface area contributed by atoms with E-state index < -0.39 is 53.4 Å². The van der Waals surface area contributed by atoms with E-state index in [1.165, 1.54) is 4.90 Å². The van der Waals surface area contributed by atoms with E-state index in [9.17, 15) is 40.7 Å². The van der Waals surface area contributed by atoms with Crippen molar-refractivity contribution < 1.29 is 40.7 Å². The molecule has 2 aliphatic rings. The number of carbonyl (C=O) groups excluding carboxylic acids is 3. The number of benzene rings is 2. The first-order valence-electron chi connectivity index (χ1n) is 14.1. The van der Waals surface area contributed by atoms with Gasteiger partial charge in [0.1, 0.15) is 6.54 Å². The first kappa shape index (κ1) is 31.4. The van der Waals surface area contributed by atoms with Crippen molar-refractivity contribution in [3.05, 3.63) is 70.9 Å². The Labute approximate surface area is 249 Å². The summed E-state index contributed by atoms with van der Waals surface area (Å²) in [4.78, 5) is 49.3. The molecule has 1 atom stereocenters. The second-order valence-corrected chi connectivity index (χ2v) is 11.3. The largest absolute Gasteiger partial charge is 0.416 e. The SMILES string of the molecule is CN1CCCN(C(=O)CN2CC(Cc3c[nH]c4ccccc34)N(C(=O)c3cc(C(F)(F)F)cc(C(F)(F)F)c3)CC2=O)CC1. The van der Waals surface area contributed by atoms with Gasteiger partial charge in [-0.2, -0.15) is 26.3 Å². The minimum Gasteiger partial charge on any atom is -0.361 e. The Bertz CT molecular complexity index is 1520.